The second-order valence-corrected chi connectivity index (χ2v) is 5.65. The summed E-state index contributed by atoms with van der Waals surface area (Å²) >= 11 is 0. The smallest absolute Gasteiger partial charge is 0.305 e. The van der Waals surface area contributed by atoms with Crippen LogP contribution in [0.1, 0.15) is 12.8 Å². The minimum absolute atomic E-state index is 0.00897. The molecule has 0 heterocycles. The average Bonchev–Trinajstić information content (AvgIpc) is 2.31. The Morgan fingerprint density at radius 3 is 2.61 bits per heavy atom. The number of benzene rings is 1. The fourth-order valence-electron chi connectivity index (χ4n) is 1.33. The maximum absolute atomic E-state index is 13.3. The third kappa shape index (κ3) is 3.76. The molecule has 7 heteroatoms. The van der Waals surface area contributed by atoms with Crippen LogP contribution in [0.2, 0.25) is 0 Å². The molecule has 0 aliphatic rings. The molecule has 0 radical (unpaired) electrons. The van der Waals surface area contributed by atoms with E-state index < -0.39 is 38.1 Å². The standard InChI is InChI=1S/C11H12F2O4S/c1-17-11(14)3-2-6-18(15,16)10-7-8(12)4-5-9(10)13/h4-5,7H,2-3,6H2,1H3. The largest absolute Gasteiger partial charge is 0.469 e. The summed E-state index contributed by atoms with van der Waals surface area (Å²) in [6, 6.07) is 2.22. The molecule has 4 nitrogen and oxygen atoms in total. The first-order valence-electron chi connectivity index (χ1n) is 5.11. The summed E-state index contributed by atoms with van der Waals surface area (Å²) < 4.78 is 53.9. The van der Waals surface area contributed by atoms with Crippen molar-refractivity contribution in [2.24, 2.45) is 0 Å². The molecule has 0 aliphatic heterocycles. The van der Waals surface area contributed by atoms with E-state index in [0.717, 1.165) is 12.1 Å². The zero-order chi connectivity index (χ0) is 13.8. The Labute approximate surface area is 103 Å². The maximum Gasteiger partial charge on any atom is 0.305 e. The Hall–Kier alpha value is -1.50. The third-order valence-corrected chi connectivity index (χ3v) is 4.06. The molecule has 0 N–H and O–H groups in total. The molecule has 0 aromatic heterocycles. The van der Waals surface area contributed by atoms with Crippen LogP contribution in [0.25, 0.3) is 0 Å². The van der Waals surface area contributed by atoms with Crippen LogP contribution in [-0.4, -0.2) is 27.2 Å². The van der Waals surface area contributed by atoms with Crippen molar-refractivity contribution >= 4 is 15.8 Å². The van der Waals surface area contributed by atoms with E-state index in [4.69, 9.17) is 0 Å². The van der Waals surface area contributed by atoms with Crippen LogP contribution in [0.3, 0.4) is 0 Å². The summed E-state index contributed by atoms with van der Waals surface area (Å²) in [4.78, 5) is 10.1. The first kappa shape index (κ1) is 14.6. The van der Waals surface area contributed by atoms with Gasteiger partial charge in [-0.15, -0.1) is 0 Å². The van der Waals surface area contributed by atoms with Gasteiger partial charge in [0.15, 0.2) is 9.84 Å². The van der Waals surface area contributed by atoms with Gasteiger partial charge in [0.2, 0.25) is 0 Å². The predicted octanol–water partition coefficient (Wildman–Crippen LogP) is 1.69. The van der Waals surface area contributed by atoms with Gasteiger partial charge in [0.05, 0.1) is 12.9 Å². The van der Waals surface area contributed by atoms with Gasteiger partial charge in [-0.25, -0.2) is 17.2 Å². The maximum atomic E-state index is 13.3. The molecule has 0 unspecified atom stereocenters. The fraction of sp³-hybridized carbons (Fsp3) is 0.364. The number of methoxy groups -OCH3 is 1. The van der Waals surface area contributed by atoms with Crippen molar-refractivity contribution in [1.82, 2.24) is 0 Å². The third-order valence-electron chi connectivity index (χ3n) is 2.25. The van der Waals surface area contributed by atoms with Crippen molar-refractivity contribution in [3.63, 3.8) is 0 Å². The second kappa shape index (κ2) is 5.90. The predicted molar refractivity (Wildman–Crippen MR) is 59.7 cm³/mol. The van der Waals surface area contributed by atoms with Crippen molar-refractivity contribution in [2.45, 2.75) is 17.7 Å². The number of hydrogen-bond acceptors (Lipinski definition) is 4. The van der Waals surface area contributed by atoms with Crippen LogP contribution in [-0.2, 0) is 19.4 Å². The first-order valence-corrected chi connectivity index (χ1v) is 6.76. The number of halogens is 2. The highest BCUT2D eigenvalue weighted by atomic mass is 32.2. The summed E-state index contributed by atoms with van der Waals surface area (Å²) in [5, 5.41) is 0. The Kier molecular flexibility index (Phi) is 4.77. The van der Waals surface area contributed by atoms with Gasteiger partial charge in [-0.05, 0) is 24.6 Å². The van der Waals surface area contributed by atoms with E-state index >= 15 is 0 Å². The molecule has 0 aliphatic carbocycles. The molecule has 0 spiro atoms. The molecule has 0 saturated carbocycles. The number of sulfone groups is 1. The highest BCUT2D eigenvalue weighted by molar-refractivity contribution is 7.91. The van der Waals surface area contributed by atoms with Gasteiger partial charge in [-0.2, -0.15) is 0 Å². The van der Waals surface area contributed by atoms with Crippen LogP contribution >= 0.6 is 0 Å². The van der Waals surface area contributed by atoms with E-state index in [1.54, 1.807) is 0 Å². The highest BCUT2D eigenvalue weighted by Gasteiger charge is 2.20. The Bertz CT molecular complexity index is 540. The minimum Gasteiger partial charge on any atom is -0.469 e. The normalized spacial score (nSPS) is 11.3. The monoisotopic (exact) mass is 278 g/mol. The number of ether oxygens (including phenoxy) is 1. The van der Waals surface area contributed by atoms with Gasteiger partial charge in [-0.3, -0.25) is 4.79 Å². The van der Waals surface area contributed by atoms with Crippen molar-refractivity contribution in [3.8, 4) is 0 Å². The topological polar surface area (TPSA) is 60.4 Å². The molecular formula is C11H12F2O4S. The van der Waals surface area contributed by atoms with E-state index in [2.05, 4.69) is 4.74 Å². The van der Waals surface area contributed by atoms with Crippen LogP contribution < -0.4 is 0 Å². The van der Waals surface area contributed by atoms with E-state index in [0.29, 0.717) is 6.07 Å². The second-order valence-electron chi connectivity index (χ2n) is 3.57. The van der Waals surface area contributed by atoms with Gasteiger partial charge in [0.25, 0.3) is 0 Å². The molecule has 0 bridgehead atoms. The fourth-order valence-corrected chi connectivity index (χ4v) is 2.74. The molecular weight excluding hydrogens is 266 g/mol. The lowest BCUT2D eigenvalue weighted by molar-refractivity contribution is -0.140. The molecule has 0 saturated heterocycles. The molecule has 1 aromatic carbocycles. The minimum atomic E-state index is -3.94. The van der Waals surface area contributed by atoms with Gasteiger partial charge >= 0.3 is 5.97 Å². The average molecular weight is 278 g/mol. The number of esters is 1. The van der Waals surface area contributed by atoms with Gasteiger partial charge < -0.3 is 4.74 Å². The summed E-state index contributed by atoms with van der Waals surface area (Å²) in [7, 11) is -2.76. The number of carbonyl (C=O) groups is 1. The lowest BCUT2D eigenvalue weighted by atomic mass is 10.3. The number of rotatable bonds is 5. The van der Waals surface area contributed by atoms with Crippen LogP contribution in [0.5, 0.6) is 0 Å². The van der Waals surface area contributed by atoms with E-state index in [1.165, 1.54) is 7.11 Å². The quantitative estimate of drug-likeness (QED) is 0.769. The molecule has 18 heavy (non-hydrogen) atoms. The lowest BCUT2D eigenvalue weighted by Gasteiger charge is -2.05. The molecule has 0 amide bonds. The van der Waals surface area contributed by atoms with Crippen LogP contribution in [0.15, 0.2) is 23.1 Å². The Balaban J connectivity index is 2.80. The number of hydrogen-bond donors (Lipinski definition) is 0. The van der Waals surface area contributed by atoms with Gasteiger partial charge in [-0.1, -0.05) is 0 Å². The summed E-state index contributed by atoms with van der Waals surface area (Å²) in [6.07, 6.45) is -0.0996. The molecule has 100 valence electrons. The molecule has 0 atom stereocenters. The van der Waals surface area contributed by atoms with Crippen molar-refractivity contribution < 1.29 is 26.7 Å². The number of carbonyl (C=O) groups excluding carboxylic acids is 1. The van der Waals surface area contributed by atoms with Crippen LogP contribution in [0.4, 0.5) is 8.78 Å². The van der Waals surface area contributed by atoms with E-state index in [-0.39, 0.29) is 12.8 Å². The van der Waals surface area contributed by atoms with E-state index in [9.17, 15) is 22.0 Å². The zero-order valence-corrected chi connectivity index (χ0v) is 10.5. The van der Waals surface area contributed by atoms with Crippen LogP contribution in [0, 0.1) is 11.6 Å². The molecule has 0 fully saturated rings. The Morgan fingerprint density at radius 1 is 1.33 bits per heavy atom. The highest BCUT2D eigenvalue weighted by Crippen LogP contribution is 2.18. The van der Waals surface area contributed by atoms with Crippen molar-refractivity contribution in [2.75, 3.05) is 12.9 Å². The lowest BCUT2D eigenvalue weighted by Crippen LogP contribution is -2.11. The summed E-state index contributed by atoms with van der Waals surface area (Å²) in [6.45, 7) is 0. The Morgan fingerprint density at radius 2 is 2.00 bits per heavy atom. The van der Waals surface area contributed by atoms with Gasteiger partial charge in [0, 0.05) is 6.42 Å². The zero-order valence-electron chi connectivity index (χ0n) is 9.65. The first-order chi connectivity index (χ1) is 8.36. The van der Waals surface area contributed by atoms with Gasteiger partial charge in [0.1, 0.15) is 16.5 Å². The summed E-state index contributed by atoms with van der Waals surface area (Å²) in [5.41, 5.74) is 0. The van der Waals surface area contributed by atoms with Crippen molar-refractivity contribution in [3.05, 3.63) is 29.8 Å². The summed E-state index contributed by atoms with van der Waals surface area (Å²) in [5.74, 6) is -2.83. The molecule has 1 aromatic rings. The van der Waals surface area contributed by atoms with Crippen molar-refractivity contribution in [1.29, 1.82) is 0 Å². The SMILES string of the molecule is COC(=O)CCCS(=O)(=O)c1cc(F)ccc1F. The van der Waals surface area contributed by atoms with E-state index in [1.807, 2.05) is 0 Å². The molecule has 1 rings (SSSR count).